The summed E-state index contributed by atoms with van der Waals surface area (Å²) in [6.45, 7) is 2.99. The molecule has 1 fully saturated rings. The lowest BCUT2D eigenvalue weighted by Crippen LogP contribution is -2.18. The molecule has 0 amide bonds. The van der Waals surface area contributed by atoms with Crippen molar-refractivity contribution in [1.29, 1.82) is 0 Å². The summed E-state index contributed by atoms with van der Waals surface area (Å²) in [6.07, 6.45) is 2.75. The first-order valence-electron chi connectivity index (χ1n) is 4.20. The van der Waals surface area contributed by atoms with Crippen LogP contribution < -0.4 is 5.73 Å². The van der Waals surface area contributed by atoms with Gasteiger partial charge in [0.2, 0.25) is 0 Å². The Balaban J connectivity index is 1.73. The van der Waals surface area contributed by atoms with Gasteiger partial charge in [-0.3, -0.25) is 0 Å². The van der Waals surface area contributed by atoms with Crippen molar-refractivity contribution >= 4 is 11.8 Å². The summed E-state index contributed by atoms with van der Waals surface area (Å²) in [5.41, 5.74) is 5.57. The van der Waals surface area contributed by atoms with Gasteiger partial charge in [-0.1, -0.05) is 0 Å². The van der Waals surface area contributed by atoms with Crippen LogP contribution in [0.1, 0.15) is 19.8 Å². The first kappa shape index (κ1) is 9.36. The van der Waals surface area contributed by atoms with Gasteiger partial charge in [-0.25, -0.2) is 0 Å². The van der Waals surface area contributed by atoms with Gasteiger partial charge in [-0.05, 0) is 25.7 Å². The third kappa shape index (κ3) is 5.53. The van der Waals surface area contributed by atoms with E-state index in [9.17, 15) is 0 Å². The number of rotatable bonds is 6. The van der Waals surface area contributed by atoms with Gasteiger partial charge in [0.15, 0.2) is 0 Å². The van der Waals surface area contributed by atoms with Crippen molar-refractivity contribution in [3.05, 3.63) is 0 Å². The number of ether oxygens (including phenoxy) is 1. The Labute approximate surface area is 72.9 Å². The van der Waals surface area contributed by atoms with E-state index in [0.29, 0.717) is 6.04 Å². The molecular formula is C8H17NOS. The molecule has 1 aliphatic carbocycles. The Morgan fingerprint density at radius 2 is 2.36 bits per heavy atom. The van der Waals surface area contributed by atoms with Gasteiger partial charge in [0, 0.05) is 11.8 Å². The molecule has 0 radical (unpaired) electrons. The van der Waals surface area contributed by atoms with Crippen LogP contribution in [-0.2, 0) is 4.74 Å². The van der Waals surface area contributed by atoms with Crippen LogP contribution >= 0.6 is 11.8 Å². The molecule has 0 saturated heterocycles. The summed E-state index contributed by atoms with van der Waals surface area (Å²) in [5, 5.41) is 0. The Hall–Kier alpha value is 0.270. The van der Waals surface area contributed by atoms with E-state index in [-0.39, 0.29) is 0 Å². The molecule has 0 aliphatic heterocycles. The van der Waals surface area contributed by atoms with Crippen molar-refractivity contribution in [2.75, 3.05) is 18.3 Å². The molecule has 2 nitrogen and oxygen atoms in total. The highest BCUT2D eigenvalue weighted by Gasteiger charge is 2.20. The van der Waals surface area contributed by atoms with Gasteiger partial charge in [-0.15, -0.1) is 11.8 Å². The highest BCUT2D eigenvalue weighted by molar-refractivity contribution is 7.99. The second kappa shape index (κ2) is 5.01. The summed E-state index contributed by atoms with van der Waals surface area (Å²) in [6, 6.07) is 0.296. The molecule has 0 spiro atoms. The van der Waals surface area contributed by atoms with Crippen LogP contribution in [0.3, 0.4) is 0 Å². The van der Waals surface area contributed by atoms with Crippen molar-refractivity contribution in [2.24, 2.45) is 11.7 Å². The molecule has 0 heterocycles. The molecule has 3 heteroatoms. The summed E-state index contributed by atoms with van der Waals surface area (Å²) in [5.74, 6) is 2.70. The van der Waals surface area contributed by atoms with Crippen LogP contribution in [0.4, 0.5) is 0 Å². The molecular weight excluding hydrogens is 158 g/mol. The van der Waals surface area contributed by atoms with Crippen molar-refractivity contribution in [2.45, 2.75) is 25.8 Å². The Kier molecular flexibility index (Phi) is 4.26. The smallest absolute Gasteiger partial charge is 0.0921 e. The Bertz CT molecular complexity index is 100. The molecule has 0 aromatic heterocycles. The molecule has 2 N–H and O–H groups in total. The minimum Gasteiger partial charge on any atom is -0.371 e. The zero-order valence-corrected chi connectivity index (χ0v) is 7.90. The third-order valence-corrected chi connectivity index (χ3v) is 2.69. The van der Waals surface area contributed by atoms with Crippen LogP contribution in [0.5, 0.6) is 0 Å². The molecule has 0 bridgehead atoms. The predicted molar refractivity (Wildman–Crippen MR) is 49.7 cm³/mol. The maximum atomic E-state index is 5.57. The van der Waals surface area contributed by atoms with Crippen molar-refractivity contribution in [1.82, 2.24) is 0 Å². The van der Waals surface area contributed by atoms with Crippen LogP contribution in [0.25, 0.3) is 0 Å². The average molecular weight is 175 g/mol. The first-order chi connectivity index (χ1) is 5.29. The maximum absolute atomic E-state index is 5.57. The van der Waals surface area contributed by atoms with E-state index in [0.717, 1.165) is 24.2 Å². The second-order valence-electron chi connectivity index (χ2n) is 3.28. The van der Waals surface area contributed by atoms with Gasteiger partial charge >= 0.3 is 0 Å². The van der Waals surface area contributed by atoms with Crippen molar-refractivity contribution in [3.63, 3.8) is 0 Å². The minimum atomic E-state index is 0.296. The van der Waals surface area contributed by atoms with E-state index < -0.39 is 0 Å². The van der Waals surface area contributed by atoms with Crippen LogP contribution in [-0.4, -0.2) is 24.3 Å². The average Bonchev–Trinajstić information content (AvgIpc) is 2.70. The fourth-order valence-electron chi connectivity index (χ4n) is 0.792. The SMILES string of the molecule is CC(N)CSCOCC1CC1. The molecule has 0 aromatic carbocycles. The second-order valence-corrected chi connectivity index (χ2v) is 4.26. The largest absolute Gasteiger partial charge is 0.371 e. The monoisotopic (exact) mass is 175 g/mol. The summed E-state index contributed by atoms with van der Waals surface area (Å²) >= 11 is 1.78. The highest BCUT2D eigenvalue weighted by atomic mass is 32.2. The molecule has 1 unspecified atom stereocenters. The van der Waals surface area contributed by atoms with E-state index >= 15 is 0 Å². The van der Waals surface area contributed by atoms with E-state index in [1.807, 2.05) is 6.92 Å². The maximum Gasteiger partial charge on any atom is 0.0921 e. The van der Waals surface area contributed by atoms with Gasteiger partial charge < -0.3 is 10.5 Å². The molecule has 1 atom stereocenters. The molecule has 0 aromatic rings. The van der Waals surface area contributed by atoms with Gasteiger partial charge in [-0.2, -0.15) is 0 Å². The normalized spacial score (nSPS) is 20.2. The van der Waals surface area contributed by atoms with Gasteiger partial charge in [0.25, 0.3) is 0 Å². The number of hydrogen-bond donors (Lipinski definition) is 1. The highest BCUT2D eigenvalue weighted by Crippen LogP contribution is 2.28. The van der Waals surface area contributed by atoms with E-state index in [4.69, 9.17) is 10.5 Å². The first-order valence-corrected chi connectivity index (χ1v) is 5.35. The van der Waals surface area contributed by atoms with Crippen molar-refractivity contribution in [3.8, 4) is 0 Å². The molecule has 11 heavy (non-hydrogen) atoms. The van der Waals surface area contributed by atoms with Crippen LogP contribution in [0, 0.1) is 5.92 Å². The fourth-order valence-corrected chi connectivity index (χ4v) is 1.47. The quantitative estimate of drug-likeness (QED) is 0.490. The fraction of sp³-hybridized carbons (Fsp3) is 1.00. The Morgan fingerprint density at radius 3 is 2.91 bits per heavy atom. The van der Waals surface area contributed by atoms with E-state index in [2.05, 4.69) is 0 Å². The number of hydrogen-bond acceptors (Lipinski definition) is 3. The standard InChI is InChI=1S/C8H17NOS/c1-7(9)5-11-6-10-4-8-2-3-8/h7-8H,2-6,9H2,1H3. The lowest BCUT2D eigenvalue weighted by atomic mass is 10.4. The topological polar surface area (TPSA) is 35.2 Å². The van der Waals surface area contributed by atoms with Gasteiger partial charge in [0.1, 0.15) is 0 Å². The minimum absolute atomic E-state index is 0.296. The molecule has 1 saturated carbocycles. The third-order valence-electron chi connectivity index (χ3n) is 1.60. The van der Waals surface area contributed by atoms with E-state index in [1.54, 1.807) is 11.8 Å². The van der Waals surface area contributed by atoms with Gasteiger partial charge in [0.05, 0.1) is 12.5 Å². The summed E-state index contributed by atoms with van der Waals surface area (Å²) in [4.78, 5) is 0. The predicted octanol–water partition coefficient (Wildman–Crippen LogP) is 1.45. The number of nitrogens with two attached hydrogens (primary N) is 1. The lowest BCUT2D eigenvalue weighted by molar-refractivity contribution is 0.171. The van der Waals surface area contributed by atoms with Crippen LogP contribution in [0.2, 0.25) is 0 Å². The zero-order chi connectivity index (χ0) is 8.10. The molecule has 1 aliphatic rings. The molecule has 1 rings (SSSR count). The molecule has 66 valence electrons. The summed E-state index contributed by atoms with van der Waals surface area (Å²) in [7, 11) is 0. The van der Waals surface area contributed by atoms with Crippen LogP contribution in [0.15, 0.2) is 0 Å². The summed E-state index contributed by atoms with van der Waals surface area (Å²) < 4.78 is 5.42. The zero-order valence-electron chi connectivity index (χ0n) is 7.08. The lowest BCUT2D eigenvalue weighted by Gasteiger charge is -2.04. The number of thioether (sulfide) groups is 1. The van der Waals surface area contributed by atoms with E-state index in [1.165, 1.54) is 12.8 Å². The Morgan fingerprint density at radius 1 is 1.64 bits per heavy atom. The van der Waals surface area contributed by atoms with Crippen molar-refractivity contribution < 1.29 is 4.74 Å².